The lowest BCUT2D eigenvalue weighted by atomic mass is 10.4. The van der Waals surface area contributed by atoms with E-state index in [-0.39, 0.29) is 0 Å². The average Bonchev–Trinajstić information content (AvgIpc) is 2.90. The van der Waals surface area contributed by atoms with Gasteiger partial charge in [0.1, 0.15) is 6.54 Å². The first kappa shape index (κ1) is 8.90. The third kappa shape index (κ3) is 1.40. The highest BCUT2D eigenvalue weighted by Crippen LogP contribution is 2.08. The highest BCUT2D eigenvalue weighted by Gasteiger charge is 2.05. The second-order valence-electron chi connectivity index (χ2n) is 3.51. The van der Waals surface area contributed by atoms with E-state index in [0.717, 1.165) is 11.5 Å². The standard InChI is InChI=1S/C10H10N6/c11-8-2-3-9-13-14-10(16(9)6-8)7-15-5-1-4-12-15/h1-6H,7,11H2. The number of hydrogen-bond acceptors (Lipinski definition) is 4. The number of nitrogens with zero attached hydrogens (tertiary/aromatic N) is 5. The van der Waals surface area contributed by atoms with E-state index >= 15 is 0 Å². The zero-order chi connectivity index (χ0) is 11.0. The van der Waals surface area contributed by atoms with Crippen molar-refractivity contribution < 1.29 is 0 Å². The Morgan fingerprint density at radius 1 is 1.25 bits per heavy atom. The minimum atomic E-state index is 0.581. The molecular formula is C10H10N6. The van der Waals surface area contributed by atoms with Crippen molar-refractivity contribution in [3.63, 3.8) is 0 Å². The quantitative estimate of drug-likeness (QED) is 0.676. The number of nitrogens with two attached hydrogens (primary N) is 1. The molecule has 0 aliphatic carbocycles. The van der Waals surface area contributed by atoms with Gasteiger partial charge in [0.25, 0.3) is 0 Å². The molecule has 3 aromatic heterocycles. The molecule has 0 aliphatic heterocycles. The molecule has 80 valence electrons. The summed E-state index contributed by atoms with van der Waals surface area (Å²) < 4.78 is 3.66. The lowest BCUT2D eigenvalue weighted by molar-refractivity contribution is 0.649. The molecule has 0 saturated carbocycles. The first-order valence-electron chi connectivity index (χ1n) is 4.89. The van der Waals surface area contributed by atoms with Gasteiger partial charge in [-0.05, 0) is 18.2 Å². The van der Waals surface area contributed by atoms with E-state index < -0.39 is 0 Å². The molecule has 0 fully saturated rings. The molecule has 16 heavy (non-hydrogen) atoms. The molecule has 0 amide bonds. The van der Waals surface area contributed by atoms with Gasteiger partial charge in [-0.3, -0.25) is 9.08 Å². The zero-order valence-corrected chi connectivity index (χ0v) is 8.48. The SMILES string of the molecule is Nc1ccc2nnc(Cn3cccn3)n2c1. The van der Waals surface area contributed by atoms with Crippen LogP contribution in [0.5, 0.6) is 0 Å². The van der Waals surface area contributed by atoms with Gasteiger partial charge in [-0.15, -0.1) is 10.2 Å². The second kappa shape index (κ2) is 3.34. The third-order valence-corrected chi connectivity index (χ3v) is 2.36. The number of fused-ring (bicyclic) bond motifs is 1. The predicted molar refractivity (Wildman–Crippen MR) is 58.7 cm³/mol. The smallest absolute Gasteiger partial charge is 0.160 e. The lowest BCUT2D eigenvalue weighted by Gasteiger charge is -2.01. The molecule has 0 atom stereocenters. The van der Waals surface area contributed by atoms with Crippen LogP contribution in [0.15, 0.2) is 36.8 Å². The van der Waals surface area contributed by atoms with E-state index in [0.29, 0.717) is 12.2 Å². The summed E-state index contributed by atoms with van der Waals surface area (Å²) in [7, 11) is 0. The van der Waals surface area contributed by atoms with Crippen LogP contribution in [0.3, 0.4) is 0 Å². The van der Waals surface area contributed by atoms with Crippen LogP contribution < -0.4 is 5.73 Å². The fraction of sp³-hybridized carbons (Fsp3) is 0.100. The van der Waals surface area contributed by atoms with Crippen molar-refractivity contribution >= 4 is 11.3 Å². The van der Waals surface area contributed by atoms with Crippen molar-refractivity contribution in [2.24, 2.45) is 0 Å². The van der Waals surface area contributed by atoms with E-state index in [4.69, 9.17) is 5.73 Å². The molecule has 3 rings (SSSR count). The first-order chi connectivity index (χ1) is 7.83. The van der Waals surface area contributed by atoms with Crippen LogP contribution in [0.4, 0.5) is 5.69 Å². The van der Waals surface area contributed by atoms with Crippen molar-refractivity contribution in [1.29, 1.82) is 0 Å². The largest absolute Gasteiger partial charge is 0.398 e. The van der Waals surface area contributed by atoms with Crippen molar-refractivity contribution in [3.8, 4) is 0 Å². The summed E-state index contributed by atoms with van der Waals surface area (Å²) in [6.45, 7) is 0.581. The summed E-state index contributed by atoms with van der Waals surface area (Å²) in [4.78, 5) is 0. The van der Waals surface area contributed by atoms with E-state index in [1.165, 1.54) is 0 Å². The van der Waals surface area contributed by atoms with Gasteiger partial charge in [0.15, 0.2) is 11.5 Å². The molecule has 0 spiro atoms. The predicted octanol–water partition coefficient (Wildman–Crippen LogP) is 0.556. The summed E-state index contributed by atoms with van der Waals surface area (Å²) in [5.41, 5.74) is 7.20. The Morgan fingerprint density at radius 2 is 2.19 bits per heavy atom. The molecule has 0 unspecified atom stereocenters. The topological polar surface area (TPSA) is 74.0 Å². The van der Waals surface area contributed by atoms with Crippen LogP contribution >= 0.6 is 0 Å². The van der Waals surface area contributed by atoms with Crippen molar-refractivity contribution in [3.05, 3.63) is 42.6 Å². The number of nitrogen functional groups attached to an aromatic ring is 1. The van der Waals surface area contributed by atoms with Gasteiger partial charge >= 0.3 is 0 Å². The normalized spacial score (nSPS) is 11.0. The Balaban J connectivity index is 2.07. The molecule has 0 aliphatic rings. The van der Waals surface area contributed by atoms with Crippen LogP contribution in [0.1, 0.15) is 5.82 Å². The van der Waals surface area contributed by atoms with E-state index in [2.05, 4.69) is 15.3 Å². The number of pyridine rings is 1. The maximum Gasteiger partial charge on any atom is 0.160 e. The fourth-order valence-corrected chi connectivity index (χ4v) is 1.60. The lowest BCUT2D eigenvalue weighted by Crippen LogP contribution is -2.04. The third-order valence-electron chi connectivity index (χ3n) is 2.36. The Labute approximate surface area is 91.3 Å². The molecular weight excluding hydrogens is 204 g/mol. The Kier molecular flexibility index (Phi) is 1.86. The van der Waals surface area contributed by atoms with Gasteiger partial charge in [-0.1, -0.05) is 0 Å². The van der Waals surface area contributed by atoms with Crippen molar-refractivity contribution in [2.45, 2.75) is 6.54 Å². The molecule has 0 bridgehead atoms. The van der Waals surface area contributed by atoms with Gasteiger partial charge in [-0.2, -0.15) is 5.10 Å². The number of aromatic nitrogens is 5. The summed E-state index contributed by atoms with van der Waals surface area (Å²) in [5.74, 6) is 0.811. The summed E-state index contributed by atoms with van der Waals surface area (Å²) in [6.07, 6.45) is 5.43. The highest BCUT2D eigenvalue weighted by atomic mass is 15.3. The van der Waals surface area contributed by atoms with Gasteiger partial charge in [-0.25, -0.2) is 0 Å². The van der Waals surface area contributed by atoms with E-state index in [9.17, 15) is 0 Å². The monoisotopic (exact) mass is 214 g/mol. The van der Waals surface area contributed by atoms with Gasteiger partial charge in [0.05, 0.1) is 0 Å². The average molecular weight is 214 g/mol. The molecule has 3 aromatic rings. The first-order valence-corrected chi connectivity index (χ1v) is 4.89. The van der Waals surface area contributed by atoms with Crippen LogP contribution in [-0.2, 0) is 6.54 Å². The Morgan fingerprint density at radius 3 is 3.00 bits per heavy atom. The maximum absolute atomic E-state index is 5.73. The number of anilines is 1. The van der Waals surface area contributed by atoms with E-state index in [1.807, 2.05) is 35.0 Å². The Bertz CT molecular complexity index is 609. The molecule has 6 nitrogen and oxygen atoms in total. The molecule has 2 N–H and O–H groups in total. The minimum absolute atomic E-state index is 0.581. The summed E-state index contributed by atoms with van der Waals surface area (Å²) >= 11 is 0. The summed E-state index contributed by atoms with van der Waals surface area (Å²) in [6, 6.07) is 5.52. The molecule has 0 radical (unpaired) electrons. The number of rotatable bonds is 2. The minimum Gasteiger partial charge on any atom is -0.398 e. The highest BCUT2D eigenvalue weighted by molar-refractivity contribution is 5.47. The zero-order valence-electron chi connectivity index (χ0n) is 8.48. The van der Waals surface area contributed by atoms with Gasteiger partial charge < -0.3 is 5.73 Å². The van der Waals surface area contributed by atoms with Crippen molar-refractivity contribution in [1.82, 2.24) is 24.4 Å². The maximum atomic E-state index is 5.73. The molecule has 6 heteroatoms. The van der Waals surface area contributed by atoms with E-state index in [1.54, 1.807) is 10.9 Å². The molecule has 0 saturated heterocycles. The van der Waals surface area contributed by atoms with Gasteiger partial charge in [0, 0.05) is 24.3 Å². The second-order valence-corrected chi connectivity index (χ2v) is 3.51. The number of hydrogen-bond donors (Lipinski definition) is 1. The van der Waals surface area contributed by atoms with Crippen LogP contribution in [0.2, 0.25) is 0 Å². The van der Waals surface area contributed by atoms with Gasteiger partial charge in [0.2, 0.25) is 0 Å². The Hall–Kier alpha value is -2.37. The molecule has 0 aromatic carbocycles. The molecule has 3 heterocycles. The van der Waals surface area contributed by atoms with Crippen LogP contribution in [0, 0.1) is 0 Å². The van der Waals surface area contributed by atoms with Crippen LogP contribution in [0.25, 0.3) is 5.65 Å². The van der Waals surface area contributed by atoms with Crippen molar-refractivity contribution in [2.75, 3.05) is 5.73 Å². The fourth-order valence-electron chi connectivity index (χ4n) is 1.60. The summed E-state index contributed by atoms with van der Waals surface area (Å²) in [5, 5.41) is 12.3. The van der Waals surface area contributed by atoms with Crippen LogP contribution in [-0.4, -0.2) is 24.4 Å².